The van der Waals surface area contributed by atoms with Gasteiger partial charge in [-0.05, 0) is 43.9 Å². The number of anilines is 1. The minimum absolute atomic E-state index is 0. The Morgan fingerprint density at radius 3 is 2.59 bits per heavy atom. The number of amidine groups is 1. The van der Waals surface area contributed by atoms with Crippen LogP contribution in [-0.2, 0) is 9.53 Å². The average Bonchev–Trinajstić information content (AvgIpc) is 2.70. The van der Waals surface area contributed by atoms with E-state index in [4.69, 9.17) is 15.9 Å². The van der Waals surface area contributed by atoms with Crippen LogP contribution in [0.3, 0.4) is 0 Å². The molecule has 1 aromatic rings. The van der Waals surface area contributed by atoms with Gasteiger partial charge in [0.05, 0.1) is 12.1 Å². The second-order valence-corrected chi connectivity index (χ2v) is 7.64. The van der Waals surface area contributed by atoms with Gasteiger partial charge in [0.25, 0.3) is 5.91 Å². The van der Waals surface area contributed by atoms with Gasteiger partial charge < -0.3 is 20.3 Å². The lowest BCUT2D eigenvalue weighted by Crippen LogP contribution is -2.61. The summed E-state index contributed by atoms with van der Waals surface area (Å²) in [6, 6.07) is 9.84. The van der Waals surface area contributed by atoms with Crippen LogP contribution in [0.15, 0.2) is 54.6 Å². The van der Waals surface area contributed by atoms with E-state index in [1.54, 1.807) is 6.08 Å². The molecule has 0 aliphatic carbocycles. The van der Waals surface area contributed by atoms with E-state index in [2.05, 4.69) is 11.5 Å². The molecule has 0 saturated carbocycles. The lowest BCUT2D eigenvalue weighted by atomic mass is 9.88. The molecule has 3 rings (SSSR count). The van der Waals surface area contributed by atoms with Gasteiger partial charge in [-0.1, -0.05) is 36.9 Å². The van der Waals surface area contributed by atoms with Crippen molar-refractivity contribution in [3.05, 3.63) is 54.6 Å². The number of nitrogens with zero attached hydrogens (tertiary/aromatic N) is 2. The Balaban J connectivity index is 0.00000300. The maximum Gasteiger partial charge on any atom is 0.255 e. The highest BCUT2D eigenvalue weighted by Gasteiger charge is 2.45. The summed E-state index contributed by atoms with van der Waals surface area (Å²) >= 11 is 0. The van der Waals surface area contributed by atoms with E-state index in [0.717, 1.165) is 50.2 Å². The van der Waals surface area contributed by atoms with Crippen molar-refractivity contribution in [2.45, 2.75) is 37.9 Å². The van der Waals surface area contributed by atoms with Gasteiger partial charge in [0.15, 0.2) is 0 Å². The lowest BCUT2D eigenvalue weighted by Gasteiger charge is -2.49. The first kappa shape index (κ1) is 23.1. The van der Waals surface area contributed by atoms with Crippen molar-refractivity contribution in [3.63, 3.8) is 0 Å². The van der Waals surface area contributed by atoms with E-state index in [9.17, 15) is 4.79 Å². The number of hydrogen-bond acceptors (Lipinski definition) is 4. The summed E-state index contributed by atoms with van der Waals surface area (Å²) in [5.41, 5.74) is 7.10. The van der Waals surface area contributed by atoms with Crippen LogP contribution in [0.4, 0.5) is 5.69 Å². The fourth-order valence-electron chi connectivity index (χ4n) is 4.06. The number of morpholine rings is 1. The number of carbonyl (C=O) groups is 1. The number of amides is 1. The molecular formula is C22H31ClN4O2. The van der Waals surface area contributed by atoms with E-state index in [1.165, 1.54) is 0 Å². The molecule has 3 N–H and O–H groups in total. The Bertz CT molecular complexity index is 757. The second kappa shape index (κ2) is 10.1. The standard InChI is InChI=1S/C22H30N4O2.ClH/c1-3-7-18(20(23)24)10-13-25-14-11-22(12-15-25)16-26(21(27)17(2)28-22)19-8-5-4-6-9-19;/h3-9,17H,1,10-16H2,2H3,(H3,23,24);1H/b18-7-;. The number of hydrogen-bond donors (Lipinski definition) is 2. The van der Waals surface area contributed by atoms with E-state index < -0.39 is 6.10 Å². The molecule has 0 radical (unpaired) electrons. The number of ether oxygens (including phenoxy) is 1. The van der Waals surface area contributed by atoms with Gasteiger partial charge in [-0.3, -0.25) is 10.2 Å². The Morgan fingerprint density at radius 2 is 2.00 bits per heavy atom. The summed E-state index contributed by atoms with van der Waals surface area (Å²) in [5, 5.41) is 7.66. The quantitative estimate of drug-likeness (QED) is 0.422. The van der Waals surface area contributed by atoms with E-state index in [0.29, 0.717) is 6.54 Å². The highest BCUT2D eigenvalue weighted by Crippen LogP contribution is 2.35. The number of allylic oxidation sites excluding steroid dienone is 2. The molecule has 1 amide bonds. The number of piperidine rings is 1. The van der Waals surface area contributed by atoms with Gasteiger partial charge in [0, 0.05) is 25.3 Å². The molecule has 1 atom stereocenters. The van der Waals surface area contributed by atoms with Crippen molar-refractivity contribution in [2.24, 2.45) is 5.73 Å². The topological polar surface area (TPSA) is 82.7 Å². The normalized spacial score (nSPS) is 22.2. The predicted octanol–water partition coefficient (Wildman–Crippen LogP) is 3.13. The van der Waals surface area contributed by atoms with Crippen molar-refractivity contribution < 1.29 is 9.53 Å². The fraction of sp³-hybridized carbons (Fsp3) is 0.455. The third-order valence-electron chi connectivity index (χ3n) is 5.68. The maximum absolute atomic E-state index is 12.7. The van der Waals surface area contributed by atoms with Crippen LogP contribution in [0.2, 0.25) is 0 Å². The minimum Gasteiger partial charge on any atom is -0.384 e. The van der Waals surface area contributed by atoms with Crippen molar-refractivity contribution in [3.8, 4) is 0 Å². The Hall–Kier alpha value is -2.15. The molecule has 0 aromatic heterocycles. The molecule has 2 aliphatic rings. The largest absolute Gasteiger partial charge is 0.384 e. The van der Waals surface area contributed by atoms with E-state index >= 15 is 0 Å². The van der Waals surface area contributed by atoms with Gasteiger partial charge in [-0.25, -0.2) is 0 Å². The minimum atomic E-state index is -0.430. The number of nitrogens with one attached hydrogen (secondary N) is 1. The number of likely N-dealkylation sites (tertiary alicyclic amines) is 1. The molecule has 2 saturated heterocycles. The van der Waals surface area contributed by atoms with Crippen LogP contribution < -0.4 is 10.6 Å². The van der Waals surface area contributed by atoms with Crippen LogP contribution in [-0.4, -0.2) is 54.5 Å². The molecule has 29 heavy (non-hydrogen) atoms. The Morgan fingerprint density at radius 1 is 1.34 bits per heavy atom. The number of benzene rings is 1. The zero-order chi connectivity index (χ0) is 20.1. The van der Waals surface area contributed by atoms with Crippen molar-refractivity contribution in [2.75, 3.05) is 31.1 Å². The molecule has 7 heteroatoms. The van der Waals surface area contributed by atoms with Gasteiger partial charge in [0.1, 0.15) is 11.9 Å². The first-order valence-corrected chi connectivity index (χ1v) is 9.87. The molecule has 2 aliphatic heterocycles. The first-order chi connectivity index (χ1) is 13.4. The summed E-state index contributed by atoms with van der Waals surface area (Å²) in [7, 11) is 0. The second-order valence-electron chi connectivity index (χ2n) is 7.64. The highest BCUT2D eigenvalue weighted by atomic mass is 35.5. The SMILES string of the molecule is C=C/C=C(/CCN1CCC2(CC1)CN(c1ccccc1)C(=O)C(C)O2)C(=N)N.Cl. The average molecular weight is 419 g/mol. The monoisotopic (exact) mass is 418 g/mol. The van der Waals surface area contributed by atoms with Crippen molar-refractivity contribution in [1.82, 2.24) is 4.90 Å². The Kier molecular flexibility index (Phi) is 8.02. The van der Waals surface area contributed by atoms with Crippen molar-refractivity contribution >= 4 is 29.8 Å². The van der Waals surface area contributed by atoms with Gasteiger partial charge in [-0.15, -0.1) is 12.4 Å². The van der Waals surface area contributed by atoms with Gasteiger partial charge in [0.2, 0.25) is 0 Å². The molecule has 1 unspecified atom stereocenters. The van der Waals surface area contributed by atoms with Gasteiger partial charge >= 0.3 is 0 Å². The zero-order valence-electron chi connectivity index (χ0n) is 17.0. The number of rotatable bonds is 6. The third-order valence-corrected chi connectivity index (χ3v) is 5.68. The van der Waals surface area contributed by atoms with Gasteiger partial charge in [-0.2, -0.15) is 0 Å². The predicted molar refractivity (Wildman–Crippen MR) is 120 cm³/mol. The third kappa shape index (κ3) is 5.47. The molecule has 1 aromatic carbocycles. The summed E-state index contributed by atoms with van der Waals surface area (Å²) in [6.07, 6.45) is 5.56. The molecule has 2 heterocycles. The number of halogens is 1. The van der Waals surface area contributed by atoms with E-state index in [-0.39, 0.29) is 29.8 Å². The fourth-order valence-corrected chi connectivity index (χ4v) is 4.06. The zero-order valence-corrected chi connectivity index (χ0v) is 17.8. The summed E-state index contributed by atoms with van der Waals surface area (Å²) < 4.78 is 6.23. The van der Waals surface area contributed by atoms with E-state index in [1.807, 2.05) is 48.2 Å². The lowest BCUT2D eigenvalue weighted by molar-refractivity contribution is -0.161. The number of nitrogens with two attached hydrogens (primary N) is 1. The summed E-state index contributed by atoms with van der Waals surface area (Å²) in [6.45, 7) is 8.81. The molecular weight excluding hydrogens is 388 g/mol. The molecule has 158 valence electrons. The molecule has 2 fully saturated rings. The Labute approximate surface area is 179 Å². The summed E-state index contributed by atoms with van der Waals surface area (Å²) in [5.74, 6) is 0.134. The van der Waals surface area contributed by atoms with Crippen LogP contribution >= 0.6 is 12.4 Å². The highest BCUT2D eigenvalue weighted by molar-refractivity contribution is 5.97. The summed E-state index contributed by atoms with van der Waals surface area (Å²) in [4.78, 5) is 16.9. The number of para-hydroxylation sites is 1. The van der Waals surface area contributed by atoms with Crippen LogP contribution in [0.1, 0.15) is 26.2 Å². The first-order valence-electron chi connectivity index (χ1n) is 9.87. The maximum atomic E-state index is 12.7. The van der Waals surface area contributed by atoms with Crippen LogP contribution in [0.5, 0.6) is 0 Å². The molecule has 0 bridgehead atoms. The van der Waals surface area contributed by atoms with Crippen LogP contribution in [0, 0.1) is 5.41 Å². The number of carbonyl (C=O) groups excluding carboxylic acids is 1. The molecule has 6 nitrogen and oxygen atoms in total. The molecule has 1 spiro atoms. The van der Waals surface area contributed by atoms with Crippen LogP contribution in [0.25, 0.3) is 0 Å². The van der Waals surface area contributed by atoms with Crippen molar-refractivity contribution in [1.29, 1.82) is 5.41 Å². The smallest absolute Gasteiger partial charge is 0.255 e.